The van der Waals surface area contributed by atoms with Crippen molar-refractivity contribution in [3.63, 3.8) is 0 Å². The third-order valence-corrected chi connectivity index (χ3v) is 4.30. The molecule has 0 spiro atoms. The van der Waals surface area contributed by atoms with Gasteiger partial charge in [-0.05, 0) is 31.9 Å². The van der Waals surface area contributed by atoms with Crippen LogP contribution in [-0.4, -0.2) is 51.0 Å². The van der Waals surface area contributed by atoms with Gasteiger partial charge in [0.25, 0.3) is 5.91 Å². The fourth-order valence-corrected chi connectivity index (χ4v) is 2.83. The fourth-order valence-electron chi connectivity index (χ4n) is 2.83. The number of carbonyl (C=O) groups excluding carboxylic acids is 1. The van der Waals surface area contributed by atoms with E-state index in [-0.39, 0.29) is 17.6 Å². The number of rotatable bonds is 4. The van der Waals surface area contributed by atoms with Crippen molar-refractivity contribution in [1.29, 1.82) is 0 Å². The first-order valence-electron chi connectivity index (χ1n) is 8.21. The molecule has 0 saturated carbocycles. The van der Waals surface area contributed by atoms with E-state index in [1.165, 1.54) is 12.4 Å². The molecule has 0 atom stereocenters. The van der Waals surface area contributed by atoms with Crippen LogP contribution in [-0.2, 0) is 0 Å². The average Bonchev–Trinajstić information content (AvgIpc) is 2.63. The highest BCUT2D eigenvalue weighted by molar-refractivity contribution is 5.94. The molecule has 25 heavy (non-hydrogen) atoms. The van der Waals surface area contributed by atoms with Crippen molar-refractivity contribution >= 4 is 17.7 Å². The van der Waals surface area contributed by atoms with Crippen LogP contribution in [0.1, 0.15) is 39.3 Å². The number of nitrogens with zero attached hydrogens (tertiary/aromatic N) is 3. The zero-order valence-electron chi connectivity index (χ0n) is 14.0. The molecule has 2 heterocycles. The first-order valence-corrected chi connectivity index (χ1v) is 8.21. The number of amides is 1. The summed E-state index contributed by atoms with van der Waals surface area (Å²) in [6, 6.07) is 7.80. The van der Waals surface area contributed by atoms with Crippen molar-refractivity contribution in [2.24, 2.45) is 0 Å². The van der Waals surface area contributed by atoms with Crippen molar-refractivity contribution < 1.29 is 14.7 Å². The molecule has 1 fully saturated rings. The molecule has 1 aromatic carbocycles. The Morgan fingerprint density at radius 3 is 2.36 bits per heavy atom. The minimum absolute atomic E-state index is 0.0593. The van der Waals surface area contributed by atoms with Crippen molar-refractivity contribution in [2.75, 3.05) is 18.4 Å². The summed E-state index contributed by atoms with van der Waals surface area (Å²) >= 11 is 0. The second kappa shape index (κ2) is 7.29. The molecule has 1 amide bonds. The van der Waals surface area contributed by atoms with E-state index in [1.807, 2.05) is 36.1 Å². The number of aromatic carboxylic acids is 1. The minimum Gasteiger partial charge on any atom is -0.476 e. The van der Waals surface area contributed by atoms with E-state index in [0.717, 1.165) is 18.4 Å². The summed E-state index contributed by atoms with van der Waals surface area (Å²) in [6.07, 6.45) is 4.27. The van der Waals surface area contributed by atoms with Crippen molar-refractivity contribution in [3.05, 3.63) is 53.5 Å². The van der Waals surface area contributed by atoms with Gasteiger partial charge in [-0.25, -0.2) is 14.8 Å². The molecule has 0 unspecified atom stereocenters. The molecular weight excluding hydrogens is 320 g/mol. The van der Waals surface area contributed by atoms with Crippen LogP contribution in [0, 0.1) is 6.92 Å². The summed E-state index contributed by atoms with van der Waals surface area (Å²) in [5, 5.41) is 12.1. The Labute approximate surface area is 145 Å². The van der Waals surface area contributed by atoms with Gasteiger partial charge in [0.2, 0.25) is 0 Å². The number of hydrogen-bond donors (Lipinski definition) is 2. The van der Waals surface area contributed by atoms with Gasteiger partial charge in [0.15, 0.2) is 5.69 Å². The van der Waals surface area contributed by atoms with Crippen LogP contribution in [0.4, 0.5) is 5.82 Å². The van der Waals surface area contributed by atoms with Gasteiger partial charge in [0.05, 0.1) is 12.4 Å². The summed E-state index contributed by atoms with van der Waals surface area (Å²) in [6.45, 7) is 3.34. The van der Waals surface area contributed by atoms with Crippen LogP contribution in [0.15, 0.2) is 36.7 Å². The molecule has 2 aromatic rings. The lowest BCUT2D eigenvalue weighted by atomic mass is 10.0. The summed E-state index contributed by atoms with van der Waals surface area (Å²) in [7, 11) is 0. The quantitative estimate of drug-likeness (QED) is 0.886. The number of carboxylic acids is 1. The number of likely N-dealkylation sites (tertiary alicyclic amines) is 1. The number of aryl methyl sites for hydroxylation is 1. The van der Waals surface area contributed by atoms with Gasteiger partial charge >= 0.3 is 5.97 Å². The monoisotopic (exact) mass is 340 g/mol. The van der Waals surface area contributed by atoms with Gasteiger partial charge in [-0.3, -0.25) is 4.79 Å². The Morgan fingerprint density at radius 1 is 1.12 bits per heavy atom. The molecule has 7 nitrogen and oxygen atoms in total. The highest BCUT2D eigenvalue weighted by Gasteiger charge is 2.23. The number of nitrogens with one attached hydrogen (secondary N) is 1. The molecule has 3 rings (SSSR count). The highest BCUT2D eigenvalue weighted by Crippen LogP contribution is 2.17. The Hall–Kier alpha value is -2.96. The lowest BCUT2D eigenvalue weighted by Crippen LogP contribution is -2.42. The first-order chi connectivity index (χ1) is 12.0. The summed E-state index contributed by atoms with van der Waals surface area (Å²) in [5.74, 6) is -0.487. The fraction of sp³-hybridized carbons (Fsp3) is 0.333. The van der Waals surface area contributed by atoms with E-state index in [1.54, 1.807) is 0 Å². The molecule has 1 aromatic heterocycles. The molecule has 0 bridgehead atoms. The zero-order valence-corrected chi connectivity index (χ0v) is 14.0. The lowest BCUT2D eigenvalue weighted by molar-refractivity contribution is 0.0688. The predicted molar refractivity (Wildman–Crippen MR) is 92.7 cm³/mol. The van der Waals surface area contributed by atoms with E-state index < -0.39 is 5.97 Å². The third-order valence-electron chi connectivity index (χ3n) is 4.30. The standard InChI is InChI=1S/C18H20N4O3/c1-12-2-4-13(5-3-12)17(23)22-8-6-14(7-9-22)21-16-11-19-15(10-20-16)18(24)25/h2-5,10-11,14H,6-9H2,1H3,(H,20,21)(H,24,25). The number of aromatic nitrogens is 2. The molecular formula is C18H20N4O3. The molecule has 1 saturated heterocycles. The molecule has 0 aliphatic carbocycles. The predicted octanol–water partition coefficient (Wildman–Crippen LogP) is 2.20. The van der Waals surface area contributed by atoms with Crippen molar-refractivity contribution in [2.45, 2.75) is 25.8 Å². The molecule has 0 radical (unpaired) electrons. The lowest BCUT2D eigenvalue weighted by Gasteiger charge is -2.32. The number of carbonyl (C=O) groups is 2. The van der Waals surface area contributed by atoms with E-state index >= 15 is 0 Å². The van der Waals surface area contributed by atoms with Gasteiger partial charge in [-0.2, -0.15) is 0 Å². The van der Waals surface area contributed by atoms with E-state index in [2.05, 4.69) is 15.3 Å². The van der Waals surface area contributed by atoms with Gasteiger partial charge < -0.3 is 15.3 Å². The van der Waals surface area contributed by atoms with Crippen LogP contribution >= 0.6 is 0 Å². The summed E-state index contributed by atoms with van der Waals surface area (Å²) in [5.41, 5.74) is 1.77. The topological polar surface area (TPSA) is 95.4 Å². The second-order valence-electron chi connectivity index (χ2n) is 6.17. The molecule has 130 valence electrons. The molecule has 1 aliphatic rings. The van der Waals surface area contributed by atoms with Crippen molar-refractivity contribution in [1.82, 2.24) is 14.9 Å². The van der Waals surface area contributed by atoms with E-state index in [9.17, 15) is 9.59 Å². The number of piperidine rings is 1. The Morgan fingerprint density at radius 2 is 1.80 bits per heavy atom. The molecule has 2 N–H and O–H groups in total. The van der Waals surface area contributed by atoms with Crippen LogP contribution in [0.5, 0.6) is 0 Å². The van der Waals surface area contributed by atoms with Crippen LogP contribution < -0.4 is 5.32 Å². The van der Waals surface area contributed by atoms with Crippen molar-refractivity contribution in [3.8, 4) is 0 Å². The number of carboxylic acid groups (broad SMARTS) is 1. The Bertz CT molecular complexity index is 751. The molecule has 7 heteroatoms. The second-order valence-corrected chi connectivity index (χ2v) is 6.17. The first kappa shape index (κ1) is 16.9. The summed E-state index contributed by atoms with van der Waals surface area (Å²) < 4.78 is 0. The Kier molecular flexibility index (Phi) is 4.92. The average molecular weight is 340 g/mol. The van der Waals surface area contributed by atoms with Gasteiger partial charge in [-0.1, -0.05) is 17.7 Å². The van der Waals surface area contributed by atoms with Crippen LogP contribution in [0.2, 0.25) is 0 Å². The normalized spacial score (nSPS) is 15.0. The largest absolute Gasteiger partial charge is 0.476 e. The number of anilines is 1. The smallest absolute Gasteiger partial charge is 0.356 e. The number of benzene rings is 1. The van der Waals surface area contributed by atoms with Crippen LogP contribution in [0.25, 0.3) is 0 Å². The van der Waals surface area contributed by atoms with Gasteiger partial charge in [-0.15, -0.1) is 0 Å². The van der Waals surface area contributed by atoms with E-state index in [0.29, 0.717) is 24.5 Å². The Balaban J connectivity index is 1.53. The maximum absolute atomic E-state index is 12.5. The highest BCUT2D eigenvalue weighted by atomic mass is 16.4. The SMILES string of the molecule is Cc1ccc(C(=O)N2CCC(Nc3cnc(C(=O)O)cn3)CC2)cc1. The molecule has 1 aliphatic heterocycles. The van der Waals surface area contributed by atoms with Gasteiger partial charge in [0, 0.05) is 24.7 Å². The minimum atomic E-state index is -1.10. The van der Waals surface area contributed by atoms with E-state index in [4.69, 9.17) is 5.11 Å². The van der Waals surface area contributed by atoms with Crippen LogP contribution in [0.3, 0.4) is 0 Å². The maximum Gasteiger partial charge on any atom is 0.356 e. The third kappa shape index (κ3) is 4.12. The number of hydrogen-bond acceptors (Lipinski definition) is 5. The van der Waals surface area contributed by atoms with Gasteiger partial charge in [0.1, 0.15) is 5.82 Å². The zero-order chi connectivity index (χ0) is 17.8. The maximum atomic E-state index is 12.5. The summed E-state index contributed by atoms with van der Waals surface area (Å²) in [4.78, 5) is 33.1.